The van der Waals surface area contributed by atoms with E-state index in [-0.39, 0.29) is 4.90 Å². The number of sulfonamides is 1. The molecule has 1 saturated heterocycles. The molecule has 0 spiro atoms. The lowest BCUT2D eigenvalue weighted by Crippen LogP contribution is -2.41. The van der Waals surface area contributed by atoms with Crippen LogP contribution in [0.5, 0.6) is 0 Å². The van der Waals surface area contributed by atoms with Gasteiger partial charge in [-0.1, -0.05) is 6.92 Å². The van der Waals surface area contributed by atoms with Gasteiger partial charge in [0.2, 0.25) is 10.0 Å². The summed E-state index contributed by atoms with van der Waals surface area (Å²) in [6, 6.07) is 1.67. The summed E-state index contributed by atoms with van der Waals surface area (Å²) in [5.41, 5.74) is 0.577. The molecule has 0 radical (unpaired) electrons. The van der Waals surface area contributed by atoms with Crippen LogP contribution in [0.2, 0.25) is 0 Å². The first-order valence-corrected chi connectivity index (χ1v) is 9.51. The monoisotopic (exact) mass is 317 g/mol. The third-order valence-electron chi connectivity index (χ3n) is 3.10. The summed E-state index contributed by atoms with van der Waals surface area (Å²) in [6.45, 7) is 3.33. The third kappa shape index (κ3) is 3.36. The maximum atomic E-state index is 12.6. The molecule has 8 heteroatoms. The fourth-order valence-corrected chi connectivity index (χ4v) is 4.83. The summed E-state index contributed by atoms with van der Waals surface area (Å²) in [7, 11) is -4.47. The zero-order valence-electron chi connectivity index (χ0n) is 11.4. The maximum Gasteiger partial charge on any atom is 0.246 e. The number of rotatable bonds is 5. The second kappa shape index (κ2) is 6.64. The molecule has 0 unspecified atom stereocenters. The molecule has 20 heavy (non-hydrogen) atoms. The summed E-state index contributed by atoms with van der Waals surface area (Å²) in [4.78, 5) is 4.12. The van der Waals surface area contributed by atoms with E-state index in [0.29, 0.717) is 36.8 Å². The Labute approximate surface area is 122 Å². The van der Waals surface area contributed by atoms with Gasteiger partial charge in [0.15, 0.2) is 0 Å². The SMILES string of the molecule is CCCNc1ccncc1S(=O)(=O)N1CCS(=O)CC1. The second-order valence-electron chi connectivity index (χ2n) is 4.55. The van der Waals surface area contributed by atoms with Gasteiger partial charge in [-0.3, -0.25) is 9.19 Å². The molecule has 0 saturated carbocycles. The Balaban J connectivity index is 2.27. The summed E-state index contributed by atoms with van der Waals surface area (Å²) >= 11 is 0. The van der Waals surface area contributed by atoms with Crippen LogP contribution < -0.4 is 5.32 Å². The normalized spacial score (nSPS) is 18.1. The Kier molecular flexibility index (Phi) is 5.11. The van der Waals surface area contributed by atoms with Crippen molar-refractivity contribution in [1.82, 2.24) is 9.29 Å². The van der Waals surface area contributed by atoms with Crippen LogP contribution in [0.4, 0.5) is 5.69 Å². The predicted octanol–water partition coefficient (Wildman–Crippen LogP) is 0.656. The second-order valence-corrected chi connectivity index (χ2v) is 8.15. The van der Waals surface area contributed by atoms with Crippen molar-refractivity contribution < 1.29 is 12.6 Å². The van der Waals surface area contributed by atoms with Gasteiger partial charge in [-0.05, 0) is 12.5 Å². The molecule has 2 rings (SSSR count). The van der Waals surface area contributed by atoms with Crippen LogP contribution in [0.15, 0.2) is 23.4 Å². The van der Waals surface area contributed by atoms with Gasteiger partial charge in [-0.2, -0.15) is 4.31 Å². The molecule has 1 aliphatic rings. The predicted molar refractivity (Wildman–Crippen MR) is 79.7 cm³/mol. The highest BCUT2D eigenvalue weighted by Gasteiger charge is 2.30. The summed E-state index contributed by atoms with van der Waals surface area (Å²) in [5.74, 6) is 0.800. The van der Waals surface area contributed by atoms with Crippen molar-refractivity contribution in [1.29, 1.82) is 0 Å². The first-order chi connectivity index (χ1) is 9.55. The van der Waals surface area contributed by atoms with E-state index in [9.17, 15) is 12.6 Å². The van der Waals surface area contributed by atoms with E-state index in [2.05, 4.69) is 10.3 Å². The molecule has 112 valence electrons. The topological polar surface area (TPSA) is 79.4 Å². The molecule has 1 N–H and O–H groups in total. The lowest BCUT2D eigenvalue weighted by atomic mass is 10.4. The average Bonchev–Trinajstić information content (AvgIpc) is 2.46. The quantitative estimate of drug-likeness (QED) is 0.863. The Morgan fingerprint density at radius 2 is 2.10 bits per heavy atom. The molecule has 2 heterocycles. The van der Waals surface area contributed by atoms with Crippen molar-refractivity contribution in [2.75, 3.05) is 36.5 Å². The van der Waals surface area contributed by atoms with Gasteiger partial charge in [0, 0.05) is 54.3 Å². The van der Waals surface area contributed by atoms with Crippen molar-refractivity contribution >= 4 is 26.5 Å². The van der Waals surface area contributed by atoms with Gasteiger partial charge in [0.25, 0.3) is 0 Å². The zero-order chi connectivity index (χ0) is 14.6. The van der Waals surface area contributed by atoms with E-state index in [1.807, 2.05) is 6.92 Å². The van der Waals surface area contributed by atoms with Crippen LogP contribution in [-0.4, -0.2) is 53.1 Å². The minimum absolute atomic E-state index is 0.195. The highest BCUT2D eigenvalue weighted by Crippen LogP contribution is 2.24. The van der Waals surface area contributed by atoms with Crippen LogP contribution in [0, 0.1) is 0 Å². The standard InChI is InChI=1S/C12H19N3O3S2/c1-2-4-14-11-3-5-13-10-12(11)20(17,18)15-6-8-19(16)9-7-15/h3,5,10H,2,4,6-9H2,1H3,(H,13,14). The van der Waals surface area contributed by atoms with Gasteiger partial charge < -0.3 is 5.32 Å². The lowest BCUT2D eigenvalue weighted by Gasteiger charge is -2.26. The minimum atomic E-state index is -3.57. The van der Waals surface area contributed by atoms with Gasteiger partial charge in [0.1, 0.15) is 4.90 Å². The molecular formula is C12H19N3O3S2. The molecule has 0 atom stereocenters. The number of pyridine rings is 1. The van der Waals surface area contributed by atoms with E-state index in [0.717, 1.165) is 6.42 Å². The molecule has 1 fully saturated rings. The van der Waals surface area contributed by atoms with E-state index in [1.54, 1.807) is 12.3 Å². The van der Waals surface area contributed by atoms with Crippen LogP contribution in [-0.2, 0) is 20.8 Å². The highest BCUT2D eigenvalue weighted by molar-refractivity contribution is 7.89. The molecule has 1 aliphatic heterocycles. The zero-order valence-corrected chi connectivity index (χ0v) is 13.0. The van der Waals surface area contributed by atoms with Crippen molar-refractivity contribution in [3.05, 3.63) is 18.5 Å². The molecule has 1 aromatic heterocycles. The van der Waals surface area contributed by atoms with Gasteiger partial charge in [0.05, 0.1) is 5.69 Å². The Morgan fingerprint density at radius 1 is 1.40 bits per heavy atom. The minimum Gasteiger partial charge on any atom is -0.384 e. The largest absolute Gasteiger partial charge is 0.384 e. The van der Waals surface area contributed by atoms with E-state index < -0.39 is 20.8 Å². The lowest BCUT2D eigenvalue weighted by molar-refractivity contribution is 0.438. The molecule has 6 nitrogen and oxygen atoms in total. The van der Waals surface area contributed by atoms with Gasteiger partial charge in [-0.25, -0.2) is 8.42 Å². The van der Waals surface area contributed by atoms with Crippen LogP contribution in [0.1, 0.15) is 13.3 Å². The molecule has 0 aliphatic carbocycles. The summed E-state index contributed by atoms with van der Waals surface area (Å²) < 4.78 is 38.0. The van der Waals surface area contributed by atoms with Crippen LogP contribution >= 0.6 is 0 Å². The number of hydrogen-bond acceptors (Lipinski definition) is 5. The molecule has 1 aromatic rings. The van der Waals surface area contributed by atoms with Crippen LogP contribution in [0.3, 0.4) is 0 Å². The number of hydrogen-bond donors (Lipinski definition) is 1. The molecule has 0 aromatic carbocycles. The fraction of sp³-hybridized carbons (Fsp3) is 0.583. The van der Waals surface area contributed by atoms with Crippen LogP contribution in [0.25, 0.3) is 0 Å². The summed E-state index contributed by atoms with van der Waals surface area (Å²) in [5, 5.41) is 3.11. The van der Waals surface area contributed by atoms with E-state index in [1.165, 1.54) is 10.5 Å². The number of nitrogens with one attached hydrogen (secondary N) is 1. The third-order valence-corrected chi connectivity index (χ3v) is 6.31. The van der Waals surface area contributed by atoms with Crippen molar-refractivity contribution in [3.8, 4) is 0 Å². The van der Waals surface area contributed by atoms with Crippen molar-refractivity contribution in [2.24, 2.45) is 0 Å². The van der Waals surface area contributed by atoms with Gasteiger partial charge in [-0.15, -0.1) is 0 Å². The first kappa shape index (κ1) is 15.4. The van der Waals surface area contributed by atoms with Gasteiger partial charge >= 0.3 is 0 Å². The average molecular weight is 317 g/mol. The Bertz CT molecular complexity index is 579. The number of nitrogens with zero attached hydrogens (tertiary/aromatic N) is 2. The van der Waals surface area contributed by atoms with E-state index in [4.69, 9.17) is 0 Å². The Morgan fingerprint density at radius 3 is 2.75 bits per heavy atom. The smallest absolute Gasteiger partial charge is 0.246 e. The highest BCUT2D eigenvalue weighted by atomic mass is 32.2. The maximum absolute atomic E-state index is 12.6. The molecule has 0 amide bonds. The first-order valence-electron chi connectivity index (χ1n) is 6.58. The number of aromatic nitrogens is 1. The Hall–Kier alpha value is -0.990. The van der Waals surface area contributed by atoms with Crippen molar-refractivity contribution in [3.63, 3.8) is 0 Å². The van der Waals surface area contributed by atoms with E-state index >= 15 is 0 Å². The molecular weight excluding hydrogens is 298 g/mol. The summed E-state index contributed by atoms with van der Waals surface area (Å²) in [6.07, 6.45) is 3.85. The number of anilines is 1. The fourth-order valence-electron chi connectivity index (χ4n) is 1.99. The molecule has 0 bridgehead atoms. The van der Waals surface area contributed by atoms with Crippen molar-refractivity contribution in [2.45, 2.75) is 18.2 Å².